The van der Waals surface area contributed by atoms with Gasteiger partial charge in [0.15, 0.2) is 0 Å². The lowest BCUT2D eigenvalue weighted by Gasteiger charge is -2.24. The van der Waals surface area contributed by atoms with Crippen molar-refractivity contribution in [3.05, 3.63) is 35.5 Å². The van der Waals surface area contributed by atoms with Crippen LogP contribution in [0.25, 0.3) is 10.9 Å². The average Bonchev–Trinajstić information content (AvgIpc) is 2.91. The number of fused-ring (bicyclic) bond motifs is 5. The Labute approximate surface area is 95.1 Å². The summed E-state index contributed by atoms with van der Waals surface area (Å²) in [6.45, 7) is 2.38. The van der Waals surface area contributed by atoms with Gasteiger partial charge in [0.25, 0.3) is 0 Å². The molecule has 1 saturated heterocycles. The topological polar surface area (TPSA) is 27.8 Å². The third-order valence-corrected chi connectivity index (χ3v) is 4.30. The highest BCUT2D eigenvalue weighted by Crippen LogP contribution is 2.41. The number of aromatic amines is 1. The molecule has 0 bridgehead atoms. The Hall–Kier alpha value is -1.28. The van der Waals surface area contributed by atoms with Gasteiger partial charge in [-0.15, -0.1) is 0 Å². The van der Waals surface area contributed by atoms with Gasteiger partial charge in [0, 0.05) is 29.1 Å². The molecule has 1 aromatic carbocycles. The normalized spacial score (nSPS) is 28.0. The van der Waals surface area contributed by atoms with E-state index in [0.29, 0.717) is 0 Å². The second-order valence-electron chi connectivity index (χ2n) is 5.13. The van der Waals surface area contributed by atoms with Crippen LogP contribution in [0.15, 0.2) is 24.3 Å². The van der Waals surface area contributed by atoms with Crippen LogP contribution in [0.1, 0.15) is 23.6 Å². The molecule has 2 N–H and O–H groups in total. The van der Waals surface area contributed by atoms with Crippen LogP contribution in [0.2, 0.25) is 0 Å². The van der Waals surface area contributed by atoms with Crippen molar-refractivity contribution in [3.63, 3.8) is 0 Å². The van der Waals surface area contributed by atoms with E-state index in [-0.39, 0.29) is 0 Å². The fourth-order valence-corrected chi connectivity index (χ4v) is 3.54. The molecule has 2 nitrogen and oxygen atoms in total. The lowest BCUT2D eigenvalue weighted by molar-refractivity contribution is 0.451. The average molecular weight is 212 g/mol. The van der Waals surface area contributed by atoms with Crippen molar-refractivity contribution in [2.45, 2.75) is 18.8 Å². The molecule has 16 heavy (non-hydrogen) atoms. The van der Waals surface area contributed by atoms with Crippen LogP contribution in [0, 0.1) is 5.92 Å². The van der Waals surface area contributed by atoms with Gasteiger partial charge in [-0.05, 0) is 36.9 Å². The third kappa shape index (κ3) is 1.05. The van der Waals surface area contributed by atoms with Gasteiger partial charge < -0.3 is 10.3 Å². The molecule has 1 aliphatic carbocycles. The van der Waals surface area contributed by atoms with E-state index in [1.807, 2.05) is 0 Å². The summed E-state index contributed by atoms with van der Waals surface area (Å²) in [4.78, 5) is 3.60. The predicted octanol–water partition coefficient (Wildman–Crippen LogP) is 2.42. The van der Waals surface area contributed by atoms with Crippen molar-refractivity contribution in [1.29, 1.82) is 0 Å². The van der Waals surface area contributed by atoms with Gasteiger partial charge in [0.2, 0.25) is 0 Å². The van der Waals surface area contributed by atoms with Gasteiger partial charge in [-0.3, -0.25) is 0 Å². The van der Waals surface area contributed by atoms with Gasteiger partial charge in [-0.2, -0.15) is 0 Å². The van der Waals surface area contributed by atoms with Crippen LogP contribution in [-0.4, -0.2) is 18.1 Å². The quantitative estimate of drug-likeness (QED) is 0.689. The lowest BCUT2D eigenvalue weighted by Crippen LogP contribution is -2.18. The largest absolute Gasteiger partial charge is 0.358 e. The number of nitrogens with one attached hydrogen (secondary N) is 2. The van der Waals surface area contributed by atoms with E-state index in [0.717, 1.165) is 11.8 Å². The maximum Gasteiger partial charge on any atom is 0.0459 e. The minimum Gasteiger partial charge on any atom is -0.358 e. The number of para-hydroxylation sites is 1. The van der Waals surface area contributed by atoms with E-state index in [1.54, 1.807) is 5.56 Å². The summed E-state index contributed by atoms with van der Waals surface area (Å²) in [5.41, 5.74) is 4.42. The van der Waals surface area contributed by atoms with Gasteiger partial charge in [0.1, 0.15) is 0 Å². The van der Waals surface area contributed by atoms with E-state index >= 15 is 0 Å². The predicted molar refractivity (Wildman–Crippen MR) is 65.7 cm³/mol. The molecule has 2 heterocycles. The molecular weight excluding hydrogens is 196 g/mol. The minimum absolute atomic E-state index is 0.750. The number of hydrogen-bond donors (Lipinski definition) is 2. The SMILES string of the molecule is c1ccc2c3c([nH]c2c1)CC[C@@H]1CNC[C@@H]31. The van der Waals surface area contributed by atoms with Crippen LogP contribution in [0.4, 0.5) is 0 Å². The van der Waals surface area contributed by atoms with Crippen LogP contribution < -0.4 is 5.32 Å². The first kappa shape index (κ1) is 8.82. The third-order valence-electron chi connectivity index (χ3n) is 4.30. The first-order valence-corrected chi connectivity index (χ1v) is 6.23. The van der Waals surface area contributed by atoms with Crippen LogP contribution in [-0.2, 0) is 6.42 Å². The number of H-pyrrole nitrogens is 1. The maximum absolute atomic E-state index is 3.60. The van der Waals surface area contributed by atoms with Crippen LogP contribution >= 0.6 is 0 Å². The van der Waals surface area contributed by atoms with Gasteiger partial charge in [0.05, 0.1) is 0 Å². The highest BCUT2D eigenvalue weighted by molar-refractivity contribution is 5.85. The van der Waals surface area contributed by atoms with Crippen molar-refractivity contribution in [3.8, 4) is 0 Å². The summed E-state index contributed by atoms with van der Waals surface area (Å²) < 4.78 is 0. The Kier molecular flexibility index (Phi) is 1.71. The Morgan fingerprint density at radius 1 is 1.12 bits per heavy atom. The van der Waals surface area contributed by atoms with E-state index in [4.69, 9.17) is 0 Å². The van der Waals surface area contributed by atoms with Gasteiger partial charge >= 0.3 is 0 Å². The summed E-state index contributed by atoms with van der Waals surface area (Å²) in [5, 5.41) is 5.00. The summed E-state index contributed by atoms with van der Waals surface area (Å²) in [6.07, 6.45) is 2.57. The molecule has 0 radical (unpaired) electrons. The zero-order valence-electron chi connectivity index (χ0n) is 9.29. The van der Waals surface area contributed by atoms with E-state index in [2.05, 4.69) is 34.6 Å². The highest BCUT2D eigenvalue weighted by atomic mass is 14.9. The molecule has 0 amide bonds. The summed E-state index contributed by atoms with van der Waals surface area (Å²) in [6, 6.07) is 8.74. The highest BCUT2D eigenvalue weighted by Gasteiger charge is 2.35. The summed E-state index contributed by atoms with van der Waals surface area (Å²) in [7, 11) is 0. The fourth-order valence-electron chi connectivity index (χ4n) is 3.54. The number of hydrogen-bond acceptors (Lipinski definition) is 1. The molecule has 1 aromatic heterocycles. The number of aryl methyl sites for hydroxylation is 1. The second kappa shape index (κ2) is 3.11. The molecule has 2 heteroatoms. The van der Waals surface area contributed by atoms with Gasteiger partial charge in [-0.1, -0.05) is 18.2 Å². The standard InChI is InChI=1S/C14H16N2/c1-2-4-12-10(3-1)14-11-8-15-7-9(11)5-6-13(14)16-12/h1-4,9,11,15-16H,5-8H2/t9-,11-/m1/s1. The molecule has 2 aromatic rings. The lowest BCUT2D eigenvalue weighted by atomic mass is 9.79. The molecule has 2 atom stereocenters. The fraction of sp³-hybridized carbons (Fsp3) is 0.429. The van der Waals surface area contributed by atoms with Crippen molar-refractivity contribution in [1.82, 2.24) is 10.3 Å². The molecule has 4 rings (SSSR count). The van der Waals surface area contributed by atoms with E-state index < -0.39 is 0 Å². The monoisotopic (exact) mass is 212 g/mol. The Bertz CT molecular complexity index is 541. The maximum atomic E-state index is 3.60. The summed E-state index contributed by atoms with van der Waals surface area (Å²) >= 11 is 0. The van der Waals surface area contributed by atoms with E-state index in [1.165, 1.54) is 42.5 Å². The molecule has 0 unspecified atom stereocenters. The first-order chi connectivity index (χ1) is 7.93. The molecule has 1 aliphatic heterocycles. The number of rotatable bonds is 0. The molecule has 2 aliphatic rings. The Morgan fingerprint density at radius 2 is 2.06 bits per heavy atom. The summed E-state index contributed by atoms with van der Waals surface area (Å²) in [5.74, 6) is 1.62. The number of aromatic nitrogens is 1. The van der Waals surface area contributed by atoms with Crippen molar-refractivity contribution < 1.29 is 0 Å². The van der Waals surface area contributed by atoms with Crippen LogP contribution in [0.5, 0.6) is 0 Å². The number of benzene rings is 1. The smallest absolute Gasteiger partial charge is 0.0459 e. The first-order valence-electron chi connectivity index (χ1n) is 6.23. The molecule has 0 spiro atoms. The van der Waals surface area contributed by atoms with Gasteiger partial charge in [-0.25, -0.2) is 0 Å². The second-order valence-corrected chi connectivity index (χ2v) is 5.13. The Balaban J connectivity index is 1.99. The van der Waals surface area contributed by atoms with E-state index in [9.17, 15) is 0 Å². The molecule has 1 fully saturated rings. The minimum atomic E-state index is 0.750. The van der Waals surface area contributed by atoms with Crippen LogP contribution in [0.3, 0.4) is 0 Å². The van der Waals surface area contributed by atoms with Crippen molar-refractivity contribution in [2.75, 3.05) is 13.1 Å². The molecule has 0 saturated carbocycles. The van der Waals surface area contributed by atoms with Crippen molar-refractivity contribution in [2.24, 2.45) is 5.92 Å². The Morgan fingerprint density at radius 3 is 3.06 bits per heavy atom. The van der Waals surface area contributed by atoms with Crippen molar-refractivity contribution >= 4 is 10.9 Å². The molecule has 82 valence electrons. The zero-order chi connectivity index (χ0) is 10.5. The zero-order valence-corrected chi connectivity index (χ0v) is 9.29. The molecular formula is C14H16N2.